The van der Waals surface area contributed by atoms with Crippen molar-refractivity contribution in [1.29, 1.82) is 0 Å². The molecule has 1 aliphatic rings. The summed E-state index contributed by atoms with van der Waals surface area (Å²) in [6, 6.07) is 9.06. The fraction of sp³-hybridized carbons (Fsp3) is 0.150. The second-order valence-electron chi connectivity index (χ2n) is 6.44. The van der Waals surface area contributed by atoms with Crippen molar-refractivity contribution < 1.29 is 24.5 Å². The Kier molecular flexibility index (Phi) is 3.52. The van der Waals surface area contributed by atoms with Crippen molar-refractivity contribution in [3.8, 4) is 28.6 Å². The second-order valence-corrected chi connectivity index (χ2v) is 6.44. The van der Waals surface area contributed by atoms with E-state index in [0.717, 1.165) is 0 Å². The molecule has 26 heavy (non-hydrogen) atoms. The van der Waals surface area contributed by atoms with Gasteiger partial charge >= 0.3 is 0 Å². The molecular weight excluding hydrogens is 336 g/mol. The lowest BCUT2D eigenvalue weighted by Gasteiger charge is -2.30. The Bertz CT molecular complexity index is 1090. The van der Waals surface area contributed by atoms with Crippen molar-refractivity contribution in [3.05, 3.63) is 58.3 Å². The summed E-state index contributed by atoms with van der Waals surface area (Å²) >= 11 is 0. The maximum atomic E-state index is 12.6. The summed E-state index contributed by atoms with van der Waals surface area (Å²) in [5.41, 5.74) is -0.152. The molecule has 0 radical (unpaired) electrons. The molecule has 3 aromatic rings. The Labute approximate surface area is 148 Å². The van der Waals surface area contributed by atoms with Gasteiger partial charge < -0.3 is 24.5 Å². The highest BCUT2D eigenvalue weighted by molar-refractivity contribution is 5.91. The molecule has 2 aromatic carbocycles. The van der Waals surface area contributed by atoms with Crippen LogP contribution in [0.3, 0.4) is 0 Å². The van der Waals surface area contributed by atoms with Gasteiger partial charge in [0.05, 0.1) is 12.2 Å². The number of aromatic hydroxyl groups is 2. The maximum absolute atomic E-state index is 12.6. The van der Waals surface area contributed by atoms with Gasteiger partial charge in [0.25, 0.3) is 0 Å². The predicted molar refractivity (Wildman–Crippen MR) is 96.4 cm³/mol. The monoisotopic (exact) mass is 352 g/mol. The normalized spacial score (nSPS) is 18.5. The third kappa shape index (κ3) is 2.51. The number of phenolic OH excluding ortho intramolecular Hbond substituents is 2. The van der Waals surface area contributed by atoms with E-state index in [-0.39, 0.29) is 29.1 Å². The van der Waals surface area contributed by atoms with Crippen LogP contribution in [0, 0.1) is 0 Å². The zero-order chi connectivity index (χ0) is 18.5. The average molecular weight is 352 g/mol. The quantitative estimate of drug-likeness (QED) is 0.655. The summed E-state index contributed by atoms with van der Waals surface area (Å²) in [5, 5.41) is 29.5. The number of fused-ring (bicyclic) bond motifs is 2. The SMILES string of the molecule is CC1(CO)C=Cc2c(cc3oc(-c4ccc(O)cc4)cc(=O)c3c2O)O1. The van der Waals surface area contributed by atoms with Crippen LogP contribution in [0.15, 0.2) is 51.7 Å². The summed E-state index contributed by atoms with van der Waals surface area (Å²) in [4.78, 5) is 12.6. The van der Waals surface area contributed by atoms with Gasteiger partial charge in [-0.15, -0.1) is 0 Å². The van der Waals surface area contributed by atoms with Crippen LogP contribution in [-0.4, -0.2) is 27.5 Å². The van der Waals surface area contributed by atoms with Gasteiger partial charge in [-0.2, -0.15) is 0 Å². The average Bonchev–Trinajstić information content (AvgIpc) is 2.61. The summed E-state index contributed by atoms with van der Waals surface area (Å²) in [6.45, 7) is 1.47. The molecule has 3 N–H and O–H groups in total. The first-order valence-corrected chi connectivity index (χ1v) is 8.02. The predicted octanol–water partition coefficient (Wildman–Crippen LogP) is 3.03. The molecule has 132 valence electrons. The maximum Gasteiger partial charge on any atom is 0.197 e. The van der Waals surface area contributed by atoms with Crippen molar-refractivity contribution >= 4 is 17.0 Å². The highest BCUT2D eigenvalue weighted by Gasteiger charge is 2.29. The third-order valence-corrected chi connectivity index (χ3v) is 4.41. The minimum absolute atomic E-state index is 0.0622. The van der Waals surface area contributed by atoms with Gasteiger partial charge in [-0.05, 0) is 43.3 Å². The van der Waals surface area contributed by atoms with E-state index < -0.39 is 11.0 Å². The number of hydrogen-bond donors (Lipinski definition) is 3. The summed E-state index contributed by atoms with van der Waals surface area (Å²) in [7, 11) is 0. The van der Waals surface area contributed by atoms with Crippen molar-refractivity contribution in [3.63, 3.8) is 0 Å². The van der Waals surface area contributed by atoms with Crippen LogP contribution in [0.4, 0.5) is 0 Å². The van der Waals surface area contributed by atoms with E-state index in [1.165, 1.54) is 24.3 Å². The molecule has 1 aliphatic heterocycles. The lowest BCUT2D eigenvalue weighted by Crippen LogP contribution is -2.35. The Hall–Kier alpha value is -3.25. The molecule has 0 fully saturated rings. The largest absolute Gasteiger partial charge is 0.508 e. The Balaban J connectivity index is 1.94. The van der Waals surface area contributed by atoms with E-state index in [4.69, 9.17) is 9.15 Å². The first kappa shape index (κ1) is 16.2. The molecule has 6 heteroatoms. The molecule has 0 aliphatic carbocycles. The first-order valence-electron chi connectivity index (χ1n) is 8.02. The molecule has 0 amide bonds. The highest BCUT2D eigenvalue weighted by atomic mass is 16.5. The van der Waals surface area contributed by atoms with E-state index in [1.807, 2.05) is 0 Å². The van der Waals surface area contributed by atoms with E-state index >= 15 is 0 Å². The van der Waals surface area contributed by atoms with Gasteiger partial charge in [0.1, 0.15) is 39.6 Å². The van der Waals surface area contributed by atoms with Crippen molar-refractivity contribution in [2.75, 3.05) is 6.61 Å². The topological polar surface area (TPSA) is 100 Å². The molecule has 6 nitrogen and oxygen atoms in total. The van der Waals surface area contributed by atoms with E-state index in [0.29, 0.717) is 22.6 Å². The molecule has 2 heterocycles. The molecule has 0 saturated carbocycles. The van der Waals surface area contributed by atoms with E-state index in [1.54, 1.807) is 31.2 Å². The number of ether oxygens (including phenoxy) is 1. The molecule has 0 saturated heterocycles. The first-order chi connectivity index (χ1) is 12.4. The number of hydrogen-bond acceptors (Lipinski definition) is 6. The van der Waals surface area contributed by atoms with Crippen molar-refractivity contribution in [2.45, 2.75) is 12.5 Å². The lowest BCUT2D eigenvalue weighted by atomic mass is 9.99. The zero-order valence-corrected chi connectivity index (χ0v) is 13.9. The molecular formula is C20H16O6. The van der Waals surface area contributed by atoms with Gasteiger partial charge in [0.15, 0.2) is 5.43 Å². The summed E-state index contributed by atoms with van der Waals surface area (Å²) in [6.07, 6.45) is 3.25. The molecule has 1 aromatic heterocycles. The van der Waals surface area contributed by atoms with E-state index in [9.17, 15) is 20.1 Å². The van der Waals surface area contributed by atoms with Gasteiger partial charge in [0, 0.05) is 17.7 Å². The van der Waals surface area contributed by atoms with Crippen molar-refractivity contribution in [1.82, 2.24) is 0 Å². The lowest BCUT2D eigenvalue weighted by molar-refractivity contribution is 0.0639. The number of phenols is 2. The fourth-order valence-corrected chi connectivity index (χ4v) is 2.94. The number of aliphatic hydroxyl groups excluding tert-OH is 1. The Morgan fingerprint density at radius 3 is 2.54 bits per heavy atom. The highest BCUT2D eigenvalue weighted by Crippen LogP contribution is 2.41. The third-order valence-electron chi connectivity index (χ3n) is 4.41. The Morgan fingerprint density at radius 2 is 1.85 bits per heavy atom. The van der Waals surface area contributed by atoms with E-state index in [2.05, 4.69) is 0 Å². The fourth-order valence-electron chi connectivity index (χ4n) is 2.94. The van der Waals surface area contributed by atoms with Crippen LogP contribution in [0.25, 0.3) is 28.4 Å². The van der Waals surface area contributed by atoms with Crippen LogP contribution in [-0.2, 0) is 0 Å². The Morgan fingerprint density at radius 1 is 1.12 bits per heavy atom. The van der Waals surface area contributed by atoms with Gasteiger partial charge in [-0.3, -0.25) is 4.79 Å². The summed E-state index contributed by atoms with van der Waals surface area (Å²) in [5.74, 6) is 0.505. The number of rotatable bonds is 2. The molecule has 1 atom stereocenters. The van der Waals surface area contributed by atoms with Crippen LogP contribution in [0.2, 0.25) is 0 Å². The molecule has 1 unspecified atom stereocenters. The van der Waals surface area contributed by atoms with Crippen LogP contribution >= 0.6 is 0 Å². The van der Waals surface area contributed by atoms with Crippen LogP contribution < -0.4 is 10.2 Å². The molecule has 4 rings (SSSR count). The van der Waals surface area contributed by atoms with Gasteiger partial charge in [-0.1, -0.05) is 0 Å². The smallest absolute Gasteiger partial charge is 0.197 e. The minimum Gasteiger partial charge on any atom is -0.508 e. The minimum atomic E-state index is -0.915. The summed E-state index contributed by atoms with van der Waals surface area (Å²) < 4.78 is 11.6. The number of aliphatic hydroxyl groups is 1. The van der Waals surface area contributed by atoms with Crippen molar-refractivity contribution in [2.24, 2.45) is 0 Å². The van der Waals surface area contributed by atoms with Gasteiger partial charge in [-0.25, -0.2) is 0 Å². The molecule has 0 bridgehead atoms. The van der Waals surface area contributed by atoms with Crippen LogP contribution in [0.5, 0.6) is 17.2 Å². The van der Waals surface area contributed by atoms with Gasteiger partial charge in [0.2, 0.25) is 0 Å². The number of benzene rings is 2. The second kappa shape index (κ2) is 5.64. The standard InChI is InChI=1S/C20H16O6/c1-20(10-21)7-6-13-16(26-20)9-17-18(19(13)24)14(23)8-15(25-17)11-2-4-12(22)5-3-11/h2-9,21-22,24H,10H2,1H3. The van der Waals surface area contributed by atoms with Crippen LogP contribution in [0.1, 0.15) is 12.5 Å². The molecule has 0 spiro atoms. The zero-order valence-electron chi connectivity index (χ0n) is 13.9.